The summed E-state index contributed by atoms with van der Waals surface area (Å²) in [6.07, 6.45) is 0. The Bertz CT molecular complexity index is 1010. The Labute approximate surface area is 168 Å². The fourth-order valence-electron chi connectivity index (χ4n) is 2.61. The van der Waals surface area contributed by atoms with Crippen LogP contribution in [0.15, 0.2) is 48.5 Å². The van der Waals surface area contributed by atoms with Gasteiger partial charge in [0.2, 0.25) is 11.9 Å². The molecule has 0 aliphatic heterocycles. The smallest absolute Gasteiger partial charge is 0.229 e. The third-order valence-electron chi connectivity index (χ3n) is 3.72. The van der Waals surface area contributed by atoms with Crippen LogP contribution in [-0.4, -0.2) is 23.0 Å². The molecule has 0 atom stereocenters. The minimum atomic E-state index is -0.133. The molecule has 1 aromatic heterocycles. The fraction of sp³-hybridized carbons (Fsp3) is 0.150. The molecule has 0 aliphatic rings. The summed E-state index contributed by atoms with van der Waals surface area (Å²) >= 11 is 6.09. The van der Waals surface area contributed by atoms with Crippen molar-refractivity contribution in [1.29, 1.82) is 0 Å². The zero-order chi connectivity index (χ0) is 20.1. The molecule has 3 aromatic rings. The van der Waals surface area contributed by atoms with Gasteiger partial charge in [-0.25, -0.2) is 4.98 Å². The lowest BCUT2D eigenvalue weighted by Gasteiger charge is -2.13. The van der Waals surface area contributed by atoms with Gasteiger partial charge in [0.15, 0.2) is 0 Å². The van der Waals surface area contributed by atoms with Gasteiger partial charge in [-0.3, -0.25) is 4.79 Å². The number of carbonyl (C=O) groups excluding carboxylic acids is 1. The van der Waals surface area contributed by atoms with Crippen molar-refractivity contribution in [2.24, 2.45) is 0 Å². The van der Waals surface area contributed by atoms with E-state index in [0.717, 1.165) is 11.4 Å². The zero-order valence-corrected chi connectivity index (χ0v) is 16.5. The Morgan fingerprint density at radius 1 is 1.04 bits per heavy atom. The lowest BCUT2D eigenvalue weighted by atomic mass is 10.2. The van der Waals surface area contributed by atoms with Crippen LogP contribution >= 0.6 is 11.6 Å². The van der Waals surface area contributed by atoms with E-state index < -0.39 is 0 Å². The van der Waals surface area contributed by atoms with E-state index in [9.17, 15) is 4.79 Å². The molecule has 1 heterocycles. The summed E-state index contributed by atoms with van der Waals surface area (Å²) in [4.78, 5) is 20.2. The first-order valence-corrected chi connectivity index (χ1v) is 8.91. The first kappa shape index (κ1) is 19.4. The van der Waals surface area contributed by atoms with Crippen molar-refractivity contribution in [1.82, 2.24) is 9.97 Å². The molecule has 0 unspecified atom stereocenters. The summed E-state index contributed by atoms with van der Waals surface area (Å²) in [5.41, 5.74) is 2.92. The summed E-state index contributed by atoms with van der Waals surface area (Å²) in [6.45, 7) is 3.34. The second-order valence-electron chi connectivity index (χ2n) is 6.07. The number of carbonyl (C=O) groups is 1. The molecule has 2 aromatic carbocycles. The zero-order valence-electron chi connectivity index (χ0n) is 15.7. The number of aromatic nitrogens is 2. The molecule has 0 aliphatic carbocycles. The van der Waals surface area contributed by atoms with E-state index in [2.05, 4.69) is 25.9 Å². The van der Waals surface area contributed by atoms with E-state index in [1.165, 1.54) is 6.92 Å². The van der Waals surface area contributed by atoms with Gasteiger partial charge in [0.1, 0.15) is 11.6 Å². The summed E-state index contributed by atoms with van der Waals surface area (Å²) in [5.74, 6) is 1.53. The van der Waals surface area contributed by atoms with E-state index in [0.29, 0.717) is 33.9 Å². The Kier molecular flexibility index (Phi) is 5.96. The van der Waals surface area contributed by atoms with Crippen molar-refractivity contribution < 1.29 is 9.53 Å². The number of ether oxygens (including phenoxy) is 1. The predicted octanol–water partition coefficient (Wildman–Crippen LogP) is 4.89. The van der Waals surface area contributed by atoms with Crippen LogP contribution in [0.4, 0.5) is 28.8 Å². The van der Waals surface area contributed by atoms with Crippen LogP contribution in [0, 0.1) is 6.92 Å². The van der Waals surface area contributed by atoms with Crippen LogP contribution < -0.4 is 20.7 Å². The van der Waals surface area contributed by atoms with Crippen LogP contribution in [0.3, 0.4) is 0 Å². The molecule has 7 nitrogen and oxygen atoms in total. The number of hydrogen-bond donors (Lipinski definition) is 3. The van der Waals surface area contributed by atoms with Crippen LogP contribution in [-0.2, 0) is 4.79 Å². The van der Waals surface area contributed by atoms with Gasteiger partial charge in [-0.15, -0.1) is 0 Å². The second-order valence-corrected chi connectivity index (χ2v) is 6.51. The van der Waals surface area contributed by atoms with Gasteiger partial charge in [-0.1, -0.05) is 17.7 Å². The van der Waals surface area contributed by atoms with Gasteiger partial charge in [-0.2, -0.15) is 4.98 Å². The quantitative estimate of drug-likeness (QED) is 0.548. The SMILES string of the molecule is COc1ccc(Cl)cc1Nc1cc(C)nc(Nc2cccc(NC(C)=O)c2)n1. The number of rotatable bonds is 6. The van der Waals surface area contributed by atoms with Gasteiger partial charge in [0, 0.05) is 35.1 Å². The van der Waals surface area contributed by atoms with Crippen LogP contribution in [0.2, 0.25) is 5.02 Å². The number of nitrogens with one attached hydrogen (secondary N) is 3. The number of benzene rings is 2. The minimum absolute atomic E-state index is 0.133. The maximum atomic E-state index is 11.2. The van der Waals surface area contributed by atoms with Gasteiger partial charge < -0.3 is 20.7 Å². The number of methoxy groups -OCH3 is 1. The summed E-state index contributed by atoms with van der Waals surface area (Å²) in [7, 11) is 1.59. The molecular weight excluding hydrogens is 378 g/mol. The molecule has 8 heteroatoms. The van der Waals surface area contributed by atoms with Crippen molar-refractivity contribution in [2.45, 2.75) is 13.8 Å². The molecule has 3 rings (SSSR count). The summed E-state index contributed by atoms with van der Waals surface area (Å²) in [5, 5.41) is 9.70. The number of aryl methyl sites for hydroxylation is 1. The van der Waals surface area contributed by atoms with E-state index in [-0.39, 0.29) is 5.91 Å². The number of nitrogens with zero attached hydrogens (tertiary/aromatic N) is 2. The first-order valence-electron chi connectivity index (χ1n) is 8.54. The average Bonchev–Trinajstić information content (AvgIpc) is 2.61. The molecule has 0 saturated carbocycles. The van der Waals surface area contributed by atoms with E-state index in [1.807, 2.05) is 31.2 Å². The minimum Gasteiger partial charge on any atom is -0.495 e. The Hall–Kier alpha value is -3.32. The highest BCUT2D eigenvalue weighted by atomic mass is 35.5. The van der Waals surface area contributed by atoms with E-state index in [1.54, 1.807) is 31.4 Å². The maximum absolute atomic E-state index is 11.2. The van der Waals surface area contributed by atoms with Gasteiger partial charge in [0.05, 0.1) is 12.8 Å². The topological polar surface area (TPSA) is 88.2 Å². The van der Waals surface area contributed by atoms with E-state index in [4.69, 9.17) is 16.3 Å². The second kappa shape index (κ2) is 8.58. The Morgan fingerprint density at radius 3 is 2.57 bits per heavy atom. The van der Waals surface area contributed by atoms with Crippen molar-refractivity contribution in [3.8, 4) is 5.75 Å². The van der Waals surface area contributed by atoms with Gasteiger partial charge in [-0.05, 0) is 43.3 Å². The molecule has 0 radical (unpaired) electrons. The highest BCUT2D eigenvalue weighted by molar-refractivity contribution is 6.31. The van der Waals surface area contributed by atoms with Crippen LogP contribution in [0.1, 0.15) is 12.6 Å². The van der Waals surface area contributed by atoms with Crippen LogP contribution in [0.25, 0.3) is 0 Å². The standard InChI is InChI=1S/C20H20ClN5O2/c1-12-9-19(25-17-10-14(21)7-8-18(17)28-3)26-20(22-12)24-16-6-4-5-15(11-16)23-13(2)27/h4-11H,1-3H3,(H,23,27)(H2,22,24,25,26). The fourth-order valence-corrected chi connectivity index (χ4v) is 2.78. The molecule has 0 bridgehead atoms. The Morgan fingerprint density at radius 2 is 1.82 bits per heavy atom. The highest BCUT2D eigenvalue weighted by Crippen LogP contribution is 2.30. The molecule has 0 spiro atoms. The number of anilines is 5. The highest BCUT2D eigenvalue weighted by Gasteiger charge is 2.08. The summed E-state index contributed by atoms with van der Waals surface area (Å²) < 4.78 is 5.36. The number of amides is 1. The molecular formula is C20H20ClN5O2. The third kappa shape index (κ3) is 5.11. The van der Waals surface area contributed by atoms with E-state index >= 15 is 0 Å². The largest absolute Gasteiger partial charge is 0.495 e. The van der Waals surface area contributed by atoms with Gasteiger partial charge >= 0.3 is 0 Å². The monoisotopic (exact) mass is 397 g/mol. The number of hydrogen-bond acceptors (Lipinski definition) is 6. The molecule has 0 fully saturated rings. The molecule has 144 valence electrons. The first-order chi connectivity index (χ1) is 13.4. The van der Waals surface area contributed by atoms with Gasteiger partial charge in [0.25, 0.3) is 0 Å². The lowest BCUT2D eigenvalue weighted by Crippen LogP contribution is -2.06. The van der Waals surface area contributed by atoms with Crippen molar-refractivity contribution >= 4 is 46.3 Å². The Balaban J connectivity index is 1.84. The van der Waals surface area contributed by atoms with Crippen LogP contribution in [0.5, 0.6) is 5.75 Å². The lowest BCUT2D eigenvalue weighted by molar-refractivity contribution is -0.114. The van der Waals surface area contributed by atoms with Crippen molar-refractivity contribution in [3.63, 3.8) is 0 Å². The van der Waals surface area contributed by atoms with Crippen molar-refractivity contribution in [3.05, 3.63) is 59.2 Å². The molecule has 3 N–H and O–H groups in total. The molecule has 0 saturated heterocycles. The third-order valence-corrected chi connectivity index (χ3v) is 3.95. The maximum Gasteiger partial charge on any atom is 0.229 e. The molecule has 1 amide bonds. The van der Waals surface area contributed by atoms with Crippen molar-refractivity contribution in [2.75, 3.05) is 23.1 Å². The molecule has 28 heavy (non-hydrogen) atoms. The number of halogens is 1. The predicted molar refractivity (Wildman–Crippen MR) is 112 cm³/mol. The summed E-state index contributed by atoms with van der Waals surface area (Å²) in [6, 6.07) is 14.4. The normalized spacial score (nSPS) is 10.3. The average molecular weight is 398 g/mol.